The first-order chi connectivity index (χ1) is 9.97. The average molecular weight is 284 g/mol. The van der Waals surface area contributed by atoms with Gasteiger partial charge in [0, 0.05) is 23.7 Å². The van der Waals surface area contributed by atoms with E-state index in [2.05, 4.69) is 5.32 Å². The highest BCUT2D eigenvalue weighted by Gasteiger charge is 2.10. The number of aromatic hydroxyl groups is 1. The highest BCUT2D eigenvalue weighted by molar-refractivity contribution is 5.92. The quantitative estimate of drug-likeness (QED) is 0.790. The smallest absolute Gasteiger partial charge is 0.248 e. The highest BCUT2D eigenvalue weighted by Crippen LogP contribution is 2.25. The Morgan fingerprint density at radius 1 is 1.29 bits per heavy atom. The fraction of sp³-hybridized carbons (Fsp3) is 0.235. The Kier molecular flexibility index (Phi) is 4.60. The molecule has 0 radical (unpaired) electrons. The van der Waals surface area contributed by atoms with E-state index in [0.717, 1.165) is 16.7 Å². The zero-order valence-electron chi connectivity index (χ0n) is 12.3. The summed E-state index contributed by atoms with van der Waals surface area (Å²) in [6.45, 7) is 4.52. The Labute approximate surface area is 124 Å². The van der Waals surface area contributed by atoms with Gasteiger partial charge in [-0.05, 0) is 43.2 Å². The molecule has 0 aromatic heterocycles. The summed E-state index contributed by atoms with van der Waals surface area (Å²) < 4.78 is 0. The first kappa shape index (κ1) is 15.1. The van der Waals surface area contributed by atoms with Gasteiger partial charge < -0.3 is 16.2 Å². The van der Waals surface area contributed by atoms with Crippen molar-refractivity contribution in [1.82, 2.24) is 5.32 Å². The molecule has 1 unspecified atom stereocenters. The topological polar surface area (TPSA) is 75.3 Å². The second-order valence-corrected chi connectivity index (χ2v) is 5.23. The number of hydrogen-bond donors (Lipinski definition) is 3. The van der Waals surface area contributed by atoms with E-state index in [4.69, 9.17) is 5.73 Å². The summed E-state index contributed by atoms with van der Waals surface area (Å²) in [6, 6.07) is 12.9. The molecule has 0 aliphatic rings. The Morgan fingerprint density at radius 3 is 2.71 bits per heavy atom. The van der Waals surface area contributed by atoms with Crippen LogP contribution in [0.2, 0.25) is 0 Å². The molecule has 2 aromatic carbocycles. The third-order valence-electron chi connectivity index (χ3n) is 3.48. The van der Waals surface area contributed by atoms with Gasteiger partial charge in [-0.3, -0.25) is 4.79 Å². The summed E-state index contributed by atoms with van der Waals surface area (Å²) in [5.41, 5.74) is 8.63. The van der Waals surface area contributed by atoms with E-state index in [9.17, 15) is 9.90 Å². The number of nitrogens with two attached hydrogens (primary N) is 1. The third kappa shape index (κ3) is 3.83. The number of hydrogen-bond acceptors (Lipinski definition) is 3. The second kappa shape index (κ2) is 6.41. The van der Waals surface area contributed by atoms with Crippen molar-refractivity contribution in [1.29, 1.82) is 0 Å². The van der Waals surface area contributed by atoms with Gasteiger partial charge in [0.1, 0.15) is 5.75 Å². The van der Waals surface area contributed by atoms with Crippen molar-refractivity contribution in [3.8, 4) is 5.75 Å². The number of nitrogens with one attached hydrogen (secondary N) is 1. The number of carbonyl (C=O) groups excluding carboxylic acids is 1. The first-order valence-corrected chi connectivity index (χ1v) is 6.89. The van der Waals surface area contributed by atoms with E-state index < -0.39 is 5.91 Å². The molecule has 0 saturated heterocycles. The van der Waals surface area contributed by atoms with E-state index in [0.29, 0.717) is 17.9 Å². The largest absolute Gasteiger partial charge is 0.508 e. The number of amides is 1. The molecule has 0 fully saturated rings. The van der Waals surface area contributed by atoms with Crippen LogP contribution in [0.25, 0.3) is 0 Å². The lowest BCUT2D eigenvalue weighted by molar-refractivity contribution is 0.1000. The van der Waals surface area contributed by atoms with Crippen LogP contribution in [0, 0.1) is 6.92 Å². The minimum atomic E-state index is -0.430. The van der Waals surface area contributed by atoms with Crippen LogP contribution in [0.4, 0.5) is 0 Å². The second-order valence-electron chi connectivity index (χ2n) is 5.23. The highest BCUT2D eigenvalue weighted by atomic mass is 16.3. The fourth-order valence-electron chi connectivity index (χ4n) is 2.24. The molecule has 0 heterocycles. The van der Waals surface area contributed by atoms with E-state index in [1.54, 1.807) is 18.2 Å². The molecule has 0 aliphatic carbocycles. The van der Waals surface area contributed by atoms with Gasteiger partial charge in [-0.1, -0.05) is 24.3 Å². The number of rotatable bonds is 5. The fourth-order valence-corrected chi connectivity index (χ4v) is 2.24. The summed E-state index contributed by atoms with van der Waals surface area (Å²) in [7, 11) is 0. The molecule has 4 nitrogen and oxygen atoms in total. The lowest BCUT2D eigenvalue weighted by Gasteiger charge is -2.16. The lowest BCUT2D eigenvalue weighted by atomic mass is 10.0. The zero-order chi connectivity index (χ0) is 15.4. The van der Waals surface area contributed by atoms with Gasteiger partial charge in [0.05, 0.1) is 0 Å². The number of benzene rings is 2. The van der Waals surface area contributed by atoms with Gasteiger partial charge in [0.25, 0.3) is 0 Å². The zero-order valence-corrected chi connectivity index (χ0v) is 12.3. The van der Waals surface area contributed by atoms with E-state index in [1.807, 2.05) is 38.1 Å². The summed E-state index contributed by atoms with van der Waals surface area (Å²) >= 11 is 0. The number of primary amides is 1. The molecular formula is C17H20N2O2. The normalized spacial score (nSPS) is 12.1. The molecule has 0 saturated carbocycles. The molecule has 0 bridgehead atoms. The van der Waals surface area contributed by atoms with Crippen LogP contribution in [0.3, 0.4) is 0 Å². The average Bonchev–Trinajstić information content (AvgIpc) is 2.45. The van der Waals surface area contributed by atoms with Crippen molar-refractivity contribution in [2.45, 2.75) is 26.4 Å². The van der Waals surface area contributed by atoms with Crippen LogP contribution in [0.15, 0.2) is 42.5 Å². The summed E-state index contributed by atoms with van der Waals surface area (Å²) in [5, 5.41) is 13.3. The molecule has 2 aromatic rings. The molecule has 0 aliphatic heterocycles. The van der Waals surface area contributed by atoms with E-state index >= 15 is 0 Å². The van der Waals surface area contributed by atoms with E-state index in [-0.39, 0.29) is 6.04 Å². The van der Waals surface area contributed by atoms with Crippen molar-refractivity contribution in [2.24, 2.45) is 5.73 Å². The monoisotopic (exact) mass is 284 g/mol. The Morgan fingerprint density at radius 2 is 2.05 bits per heavy atom. The van der Waals surface area contributed by atoms with Crippen molar-refractivity contribution >= 4 is 5.91 Å². The van der Waals surface area contributed by atoms with Gasteiger partial charge in [0.2, 0.25) is 5.91 Å². The summed E-state index contributed by atoms with van der Waals surface area (Å²) in [5.74, 6) is -0.137. The van der Waals surface area contributed by atoms with Crippen molar-refractivity contribution in [3.63, 3.8) is 0 Å². The van der Waals surface area contributed by atoms with Crippen molar-refractivity contribution in [2.75, 3.05) is 0 Å². The summed E-state index contributed by atoms with van der Waals surface area (Å²) in [4.78, 5) is 11.2. The molecule has 1 amide bonds. The predicted octanol–water partition coefficient (Wildman–Crippen LogP) is 2.65. The number of phenols is 1. The molecular weight excluding hydrogens is 264 g/mol. The van der Waals surface area contributed by atoms with Crippen molar-refractivity contribution in [3.05, 3.63) is 64.7 Å². The Hall–Kier alpha value is -2.33. The maximum atomic E-state index is 11.2. The standard InChI is InChI=1S/C17H20N2O2/c1-11-6-7-15(16(20)8-11)12(2)19-10-13-4-3-5-14(9-13)17(18)21/h3-9,12,19-20H,10H2,1-2H3,(H2,18,21). The third-order valence-corrected chi connectivity index (χ3v) is 3.48. The summed E-state index contributed by atoms with van der Waals surface area (Å²) in [6.07, 6.45) is 0. The van der Waals surface area contributed by atoms with Gasteiger partial charge in [-0.25, -0.2) is 0 Å². The van der Waals surface area contributed by atoms with E-state index in [1.165, 1.54) is 0 Å². The van der Waals surface area contributed by atoms with Crippen LogP contribution in [0.1, 0.15) is 40.0 Å². The molecule has 4 heteroatoms. The van der Waals surface area contributed by atoms with Gasteiger partial charge in [0.15, 0.2) is 0 Å². The number of carbonyl (C=O) groups is 1. The van der Waals surface area contributed by atoms with Crippen LogP contribution in [-0.4, -0.2) is 11.0 Å². The van der Waals surface area contributed by atoms with Gasteiger partial charge >= 0.3 is 0 Å². The minimum Gasteiger partial charge on any atom is -0.508 e. The molecule has 110 valence electrons. The molecule has 21 heavy (non-hydrogen) atoms. The number of phenolic OH excluding ortho intramolecular Hbond substituents is 1. The molecule has 0 spiro atoms. The molecule has 1 atom stereocenters. The Bertz CT molecular complexity index is 653. The first-order valence-electron chi connectivity index (χ1n) is 6.89. The maximum Gasteiger partial charge on any atom is 0.248 e. The SMILES string of the molecule is Cc1ccc(C(C)NCc2cccc(C(N)=O)c2)c(O)c1. The number of aryl methyl sites for hydroxylation is 1. The van der Waals surface area contributed by atoms with Crippen molar-refractivity contribution < 1.29 is 9.90 Å². The molecule has 4 N–H and O–H groups in total. The Balaban J connectivity index is 2.05. The minimum absolute atomic E-state index is 0.00262. The maximum absolute atomic E-state index is 11.2. The predicted molar refractivity (Wildman–Crippen MR) is 83.1 cm³/mol. The van der Waals surface area contributed by atoms with Crippen LogP contribution >= 0.6 is 0 Å². The van der Waals surface area contributed by atoms with Crippen LogP contribution in [-0.2, 0) is 6.54 Å². The van der Waals surface area contributed by atoms with Crippen LogP contribution in [0.5, 0.6) is 5.75 Å². The van der Waals surface area contributed by atoms with Crippen LogP contribution < -0.4 is 11.1 Å². The lowest BCUT2D eigenvalue weighted by Crippen LogP contribution is -2.19. The molecule has 2 rings (SSSR count). The van der Waals surface area contributed by atoms with Gasteiger partial charge in [-0.15, -0.1) is 0 Å². The van der Waals surface area contributed by atoms with Gasteiger partial charge in [-0.2, -0.15) is 0 Å².